The fourth-order valence-electron chi connectivity index (χ4n) is 2.08. The Morgan fingerprint density at radius 3 is 2.33 bits per heavy atom. The Hall–Kier alpha value is -2.53. The van der Waals surface area contributed by atoms with Crippen molar-refractivity contribution in [2.45, 2.75) is 13.0 Å². The lowest BCUT2D eigenvalue weighted by molar-refractivity contribution is 0.0998. The van der Waals surface area contributed by atoms with E-state index in [9.17, 15) is 9.90 Å². The van der Waals surface area contributed by atoms with Gasteiger partial charge < -0.3 is 20.3 Å². The number of methoxy groups -OCH3 is 1. The molecule has 1 amide bonds. The van der Waals surface area contributed by atoms with Crippen molar-refractivity contribution in [2.75, 3.05) is 7.11 Å². The van der Waals surface area contributed by atoms with Gasteiger partial charge in [-0.25, -0.2) is 0 Å². The minimum Gasteiger partial charge on any atom is -0.496 e. The first-order valence-electron chi connectivity index (χ1n) is 6.46. The summed E-state index contributed by atoms with van der Waals surface area (Å²) in [7, 11) is 1.52. The molecule has 0 unspecified atom stereocenters. The van der Waals surface area contributed by atoms with Crippen LogP contribution in [0.15, 0.2) is 42.5 Å². The van der Waals surface area contributed by atoms with Crippen LogP contribution >= 0.6 is 0 Å². The molecule has 3 N–H and O–H groups in total. The van der Waals surface area contributed by atoms with Crippen LogP contribution in [0.2, 0.25) is 0 Å². The van der Waals surface area contributed by atoms with Crippen molar-refractivity contribution in [3.63, 3.8) is 0 Å². The standard InChI is InChI=1S/C16H17NO4/c1-10(18)15-13(20-2)8-5-9-14(15)21-12-7-4-3-6-11(12)16(17)19/h3-10,18H,1-2H3,(H2,17,19)/t10-/m1/s1. The molecule has 0 aliphatic rings. The number of amides is 1. The van der Waals surface area contributed by atoms with E-state index in [1.165, 1.54) is 7.11 Å². The molecule has 0 heterocycles. The maximum atomic E-state index is 11.4. The van der Waals surface area contributed by atoms with Crippen LogP contribution in [0.1, 0.15) is 28.9 Å². The number of hydrogen-bond donors (Lipinski definition) is 2. The molecule has 2 aromatic rings. The highest BCUT2D eigenvalue weighted by molar-refractivity contribution is 5.95. The molecule has 0 bridgehead atoms. The molecule has 0 aliphatic heterocycles. The van der Waals surface area contributed by atoms with Gasteiger partial charge in [0, 0.05) is 0 Å². The van der Waals surface area contributed by atoms with Gasteiger partial charge in [-0.1, -0.05) is 18.2 Å². The van der Waals surface area contributed by atoms with Crippen LogP contribution in [-0.2, 0) is 0 Å². The normalized spacial score (nSPS) is 11.8. The molecule has 0 saturated carbocycles. The Kier molecular flexibility index (Phi) is 4.45. The molecule has 0 saturated heterocycles. The molecule has 0 aromatic heterocycles. The van der Waals surface area contributed by atoms with E-state index in [0.29, 0.717) is 22.8 Å². The number of rotatable bonds is 5. The minimum atomic E-state index is -0.781. The number of aliphatic hydroxyl groups is 1. The van der Waals surface area contributed by atoms with E-state index in [2.05, 4.69) is 0 Å². The highest BCUT2D eigenvalue weighted by Gasteiger charge is 2.17. The molecule has 1 atom stereocenters. The van der Waals surface area contributed by atoms with Crippen molar-refractivity contribution in [3.05, 3.63) is 53.6 Å². The summed E-state index contributed by atoms with van der Waals surface area (Å²) in [5, 5.41) is 9.92. The Labute approximate surface area is 122 Å². The van der Waals surface area contributed by atoms with Gasteiger partial charge in [0.15, 0.2) is 0 Å². The van der Waals surface area contributed by atoms with Crippen LogP contribution in [0.4, 0.5) is 0 Å². The van der Waals surface area contributed by atoms with E-state index in [1.54, 1.807) is 49.4 Å². The summed E-state index contributed by atoms with van der Waals surface area (Å²) in [6, 6.07) is 11.8. The van der Waals surface area contributed by atoms with Gasteiger partial charge in [0.25, 0.3) is 5.91 Å². The summed E-state index contributed by atoms with van der Waals surface area (Å²) >= 11 is 0. The maximum Gasteiger partial charge on any atom is 0.252 e. The number of carbonyl (C=O) groups is 1. The van der Waals surface area contributed by atoms with Gasteiger partial charge in [0.2, 0.25) is 0 Å². The van der Waals surface area contributed by atoms with Gasteiger partial charge in [-0.2, -0.15) is 0 Å². The molecule has 110 valence electrons. The quantitative estimate of drug-likeness (QED) is 0.885. The largest absolute Gasteiger partial charge is 0.496 e. The lowest BCUT2D eigenvalue weighted by Crippen LogP contribution is -2.12. The molecule has 2 rings (SSSR count). The summed E-state index contributed by atoms with van der Waals surface area (Å²) in [6.45, 7) is 1.62. The van der Waals surface area contributed by atoms with E-state index in [-0.39, 0.29) is 5.56 Å². The van der Waals surface area contributed by atoms with Gasteiger partial charge >= 0.3 is 0 Å². The molecule has 5 heteroatoms. The lowest BCUT2D eigenvalue weighted by Gasteiger charge is -2.17. The first-order valence-corrected chi connectivity index (χ1v) is 6.46. The fraction of sp³-hybridized carbons (Fsp3) is 0.188. The van der Waals surface area contributed by atoms with Crippen molar-refractivity contribution >= 4 is 5.91 Å². The van der Waals surface area contributed by atoms with Crippen molar-refractivity contribution in [2.24, 2.45) is 5.73 Å². The average Bonchev–Trinajstić information content (AvgIpc) is 2.47. The van der Waals surface area contributed by atoms with E-state index in [0.717, 1.165) is 0 Å². The SMILES string of the molecule is COc1cccc(Oc2ccccc2C(N)=O)c1[C@@H](C)O. The number of ether oxygens (including phenoxy) is 2. The number of para-hydroxylation sites is 1. The second-order valence-electron chi connectivity index (χ2n) is 4.51. The molecule has 0 aliphatic carbocycles. The van der Waals surface area contributed by atoms with Gasteiger partial charge in [-0.05, 0) is 31.2 Å². The van der Waals surface area contributed by atoms with Crippen molar-refractivity contribution in [1.82, 2.24) is 0 Å². The number of benzene rings is 2. The van der Waals surface area contributed by atoms with E-state index < -0.39 is 12.0 Å². The van der Waals surface area contributed by atoms with E-state index in [1.807, 2.05) is 0 Å². The molecule has 0 fully saturated rings. The highest BCUT2D eigenvalue weighted by Crippen LogP contribution is 2.37. The van der Waals surface area contributed by atoms with Gasteiger partial charge in [0.05, 0.1) is 24.3 Å². The maximum absolute atomic E-state index is 11.4. The molecular formula is C16H17NO4. The predicted octanol–water partition coefficient (Wildman–Crippen LogP) is 2.64. The monoisotopic (exact) mass is 287 g/mol. The highest BCUT2D eigenvalue weighted by atomic mass is 16.5. The molecule has 2 aromatic carbocycles. The van der Waals surface area contributed by atoms with Crippen LogP contribution < -0.4 is 15.2 Å². The number of carbonyl (C=O) groups excluding carboxylic acids is 1. The van der Waals surface area contributed by atoms with Gasteiger partial charge in [-0.3, -0.25) is 4.79 Å². The predicted molar refractivity (Wildman–Crippen MR) is 78.7 cm³/mol. The Morgan fingerprint density at radius 1 is 1.10 bits per heavy atom. The van der Waals surface area contributed by atoms with Crippen LogP contribution in [0, 0.1) is 0 Å². The zero-order valence-corrected chi connectivity index (χ0v) is 11.9. The molecule has 0 spiro atoms. The zero-order chi connectivity index (χ0) is 15.4. The van der Waals surface area contributed by atoms with E-state index in [4.69, 9.17) is 15.2 Å². The third-order valence-electron chi connectivity index (χ3n) is 3.04. The summed E-state index contributed by atoms with van der Waals surface area (Å²) in [5.41, 5.74) is 6.12. The van der Waals surface area contributed by atoms with Crippen LogP contribution in [0.3, 0.4) is 0 Å². The Bertz CT molecular complexity index is 652. The first kappa shape index (κ1) is 14.9. The first-order chi connectivity index (χ1) is 10.0. The molecule has 21 heavy (non-hydrogen) atoms. The molecule has 5 nitrogen and oxygen atoms in total. The van der Waals surface area contributed by atoms with Crippen LogP contribution in [0.25, 0.3) is 0 Å². The number of hydrogen-bond acceptors (Lipinski definition) is 4. The van der Waals surface area contributed by atoms with Gasteiger partial charge in [-0.15, -0.1) is 0 Å². The molecule has 0 radical (unpaired) electrons. The van der Waals surface area contributed by atoms with E-state index >= 15 is 0 Å². The Balaban J connectivity index is 2.48. The lowest BCUT2D eigenvalue weighted by atomic mass is 10.1. The van der Waals surface area contributed by atoms with Gasteiger partial charge in [0.1, 0.15) is 17.2 Å². The number of aliphatic hydroxyl groups excluding tert-OH is 1. The van der Waals surface area contributed by atoms with Crippen molar-refractivity contribution < 1.29 is 19.4 Å². The van der Waals surface area contributed by atoms with Crippen molar-refractivity contribution in [1.29, 1.82) is 0 Å². The number of nitrogens with two attached hydrogens (primary N) is 1. The Morgan fingerprint density at radius 2 is 1.71 bits per heavy atom. The summed E-state index contributed by atoms with van der Waals surface area (Å²) in [5.74, 6) is 0.685. The van der Waals surface area contributed by atoms with Crippen molar-refractivity contribution in [3.8, 4) is 17.2 Å². The molecular weight excluding hydrogens is 270 g/mol. The third-order valence-corrected chi connectivity index (χ3v) is 3.04. The number of primary amides is 1. The minimum absolute atomic E-state index is 0.275. The third kappa shape index (κ3) is 3.14. The topological polar surface area (TPSA) is 81.8 Å². The smallest absolute Gasteiger partial charge is 0.252 e. The fourth-order valence-corrected chi connectivity index (χ4v) is 2.08. The van der Waals surface area contributed by atoms with Crippen LogP contribution in [0.5, 0.6) is 17.2 Å². The summed E-state index contributed by atoms with van der Waals surface area (Å²) < 4.78 is 11.0. The zero-order valence-electron chi connectivity index (χ0n) is 11.9. The second-order valence-corrected chi connectivity index (χ2v) is 4.51. The summed E-state index contributed by atoms with van der Waals surface area (Å²) in [4.78, 5) is 11.4. The summed E-state index contributed by atoms with van der Waals surface area (Å²) in [6.07, 6.45) is -0.781. The average molecular weight is 287 g/mol. The van der Waals surface area contributed by atoms with Crippen LogP contribution in [-0.4, -0.2) is 18.1 Å². The second kappa shape index (κ2) is 6.28.